The minimum atomic E-state index is 0.111. The summed E-state index contributed by atoms with van der Waals surface area (Å²) in [6.07, 6.45) is 0.355. The summed E-state index contributed by atoms with van der Waals surface area (Å²) in [5.41, 5.74) is 1.04. The molecule has 0 radical (unpaired) electrons. The van der Waals surface area contributed by atoms with Crippen molar-refractivity contribution >= 4 is 16.6 Å². The second-order valence-electron chi connectivity index (χ2n) is 4.71. The zero-order valence-corrected chi connectivity index (χ0v) is 10.7. The SMILES string of the molecule is CC(=O)Cc1ccc(-c2ccc3ccccc3c2)o1. The molecule has 0 bridgehead atoms. The van der Waals surface area contributed by atoms with Crippen LogP contribution < -0.4 is 0 Å². The zero-order valence-electron chi connectivity index (χ0n) is 10.7. The van der Waals surface area contributed by atoms with E-state index in [1.54, 1.807) is 6.92 Å². The molecule has 0 aliphatic heterocycles. The van der Waals surface area contributed by atoms with Crippen LogP contribution in [0.4, 0.5) is 0 Å². The predicted octanol–water partition coefficient (Wildman–Crippen LogP) is 4.23. The van der Waals surface area contributed by atoms with Gasteiger partial charge >= 0.3 is 0 Å². The van der Waals surface area contributed by atoms with Crippen LogP contribution in [-0.4, -0.2) is 5.78 Å². The van der Waals surface area contributed by atoms with Crippen molar-refractivity contribution in [3.63, 3.8) is 0 Å². The first kappa shape index (κ1) is 11.7. The average molecular weight is 250 g/mol. The molecule has 19 heavy (non-hydrogen) atoms. The number of carbonyl (C=O) groups is 1. The van der Waals surface area contributed by atoms with Gasteiger partial charge in [0.05, 0.1) is 6.42 Å². The lowest BCUT2D eigenvalue weighted by molar-refractivity contribution is -0.116. The van der Waals surface area contributed by atoms with Crippen molar-refractivity contribution in [1.82, 2.24) is 0 Å². The van der Waals surface area contributed by atoms with Gasteiger partial charge in [-0.2, -0.15) is 0 Å². The molecule has 0 unspecified atom stereocenters. The molecule has 0 N–H and O–H groups in total. The van der Waals surface area contributed by atoms with Gasteiger partial charge in [0.2, 0.25) is 0 Å². The van der Waals surface area contributed by atoms with Crippen molar-refractivity contribution in [2.24, 2.45) is 0 Å². The molecule has 0 fully saturated rings. The number of carbonyl (C=O) groups excluding carboxylic acids is 1. The number of Topliss-reactive ketones (excluding diaryl/α,β-unsaturated/α-hetero) is 1. The monoisotopic (exact) mass is 250 g/mol. The second kappa shape index (κ2) is 4.73. The minimum Gasteiger partial charge on any atom is -0.461 e. The van der Waals surface area contributed by atoms with Crippen LogP contribution in [0.2, 0.25) is 0 Å². The predicted molar refractivity (Wildman–Crippen MR) is 76.0 cm³/mol. The summed E-state index contributed by atoms with van der Waals surface area (Å²) in [5.74, 6) is 1.64. The van der Waals surface area contributed by atoms with Gasteiger partial charge in [-0.25, -0.2) is 0 Å². The third-order valence-electron chi connectivity index (χ3n) is 3.12. The molecule has 2 nitrogen and oxygen atoms in total. The Bertz CT molecular complexity index is 738. The van der Waals surface area contributed by atoms with E-state index in [4.69, 9.17) is 4.42 Å². The lowest BCUT2D eigenvalue weighted by atomic mass is 10.1. The normalized spacial score (nSPS) is 10.8. The number of ketones is 1. The molecule has 0 spiro atoms. The maximum absolute atomic E-state index is 11.1. The summed E-state index contributed by atoms with van der Waals surface area (Å²) in [7, 11) is 0. The smallest absolute Gasteiger partial charge is 0.137 e. The lowest BCUT2D eigenvalue weighted by Crippen LogP contribution is -1.93. The first-order chi connectivity index (χ1) is 9.22. The molecule has 1 aromatic heterocycles. The lowest BCUT2D eigenvalue weighted by Gasteiger charge is -2.01. The largest absolute Gasteiger partial charge is 0.461 e. The summed E-state index contributed by atoms with van der Waals surface area (Å²) in [4.78, 5) is 11.1. The van der Waals surface area contributed by atoms with E-state index in [-0.39, 0.29) is 5.78 Å². The molecule has 1 heterocycles. The van der Waals surface area contributed by atoms with Crippen molar-refractivity contribution in [2.45, 2.75) is 13.3 Å². The van der Waals surface area contributed by atoms with Crippen molar-refractivity contribution < 1.29 is 9.21 Å². The highest BCUT2D eigenvalue weighted by Crippen LogP contribution is 2.26. The third kappa shape index (κ3) is 2.43. The van der Waals surface area contributed by atoms with Crippen LogP contribution in [0.25, 0.3) is 22.1 Å². The maximum Gasteiger partial charge on any atom is 0.137 e. The van der Waals surface area contributed by atoms with E-state index in [2.05, 4.69) is 24.3 Å². The van der Waals surface area contributed by atoms with E-state index < -0.39 is 0 Å². The molecular weight excluding hydrogens is 236 g/mol. The molecule has 0 amide bonds. The second-order valence-corrected chi connectivity index (χ2v) is 4.71. The molecule has 2 aromatic carbocycles. The van der Waals surface area contributed by atoms with Gasteiger partial charge in [0.25, 0.3) is 0 Å². The van der Waals surface area contributed by atoms with Crippen LogP contribution in [0.15, 0.2) is 59.0 Å². The summed E-state index contributed by atoms with van der Waals surface area (Å²) in [6, 6.07) is 18.2. The van der Waals surface area contributed by atoms with Gasteiger partial charge in [-0.1, -0.05) is 36.4 Å². The zero-order chi connectivity index (χ0) is 13.2. The van der Waals surface area contributed by atoms with Gasteiger partial charge in [-0.05, 0) is 35.9 Å². The fourth-order valence-corrected chi connectivity index (χ4v) is 2.22. The summed E-state index contributed by atoms with van der Waals surface area (Å²) in [5, 5.41) is 2.39. The van der Waals surface area contributed by atoms with Gasteiger partial charge in [-0.3, -0.25) is 4.79 Å². The Morgan fingerprint density at radius 2 is 1.79 bits per heavy atom. The fraction of sp³-hybridized carbons (Fsp3) is 0.118. The van der Waals surface area contributed by atoms with E-state index in [9.17, 15) is 4.79 Å². The van der Waals surface area contributed by atoms with E-state index in [0.29, 0.717) is 6.42 Å². The standard InChI is InChI=1S/C17H14O2/c1-12(18)10-16-8-9-17(19-16)15-7-6-13-4-2-3-5-14(13)11-15/h2-9,11H,10H2,1H3. The Labute approximate surface area is 111 Å². The molecule has 0 saturated heterocycles. The van der Waals surface area contributed by atoms with Crippen LogP contribution in [-0.2, 0) is 11.2 Å². The Hall–Kier alpha value is -2.35. The Morgan fingerprint density at radius 1 is 1.00 bits per heavy atom. The van der Waals surface area contributed by atoms with E-state index in [1.807, 2.05) is 30.3 Å². The highest BCUT2D eigenvalue weighted by atomic mass is 16.3. The van der Waals surface area contributed by atoms with Gasteiger partial charge in [0.15, 0.2) is 0 Å². The quantitative estimate of drug-likeness (QED) is 0.696. The van der Waals surface area contributed by atoms with Crippen LogP contribution in [0.1, 0.15) is 12.7 Å². The molecule has 3 aromatic rings. The van der Waals surface area contributed by atoms with Gasteiger partial charge in [0, 0.05) is 5.56 Å². The number of fused-ring (bicyclic) bond motifs is 1. The number of hydrogen-bond acceptors (Lipinski definition) is 2. The molecule has 0 saturated carbocycles. The number of hydrogen-bond donors (Lipinski definition) is 0. The molecule has 0 atom stereocenters. The molecule has 0 aliphatic rings. The van der Waals surface area contributed by atoms with E-state index >= 15 is 0 Å². The van der Waals surface area contributed by atoms with E-state index in [1.165, 1.54) is 10.8 Å². The topological polar surface area (TPSA) is 30.2 Å². The van der Waals surface area contributed by atoms with Crippen LogP contribution in [0, 0.1) is 0 Å². The Balaban J connectivity index is 1.99. The Kier molecular flexibility index (Phi) is 2.92. The van der Waals surface area contributed by atoms with E-state index in [0.717, 1.165) is 17.1 Å². The first-order valence-electron chi connectivity index (χ1n) is 6.30. The molecule has 2 heteroatoms. The number of rotatable bonds is 3. The minimum absolute atomic E-state index is 0.111. The van der Waals surface area contributed by atoms with Crippen LogP contribution in [0.3, 0.4) is 0 Å². The molecule has 94 valence electrons. The summed E-state index contributed by atoms with van der Waals surface area (Å²) >= 11 is 0. The van der Waals surface area contributed by atoms with Crippen LogP contribution >= 0.6 is 0 Å². The summed E-state index contributed by atoms with van der Waals surface area (Å²) < 4.78 is 5.71. The molecule has 0 aliphatic carbocycles. The number of furan rings is 1. The highest BCUT2D eigenvalue weighted by Gasteiger charge is 2.07. The highest BCUT2D eigenvalue weighted by molar-refractivity contribution is 5.86. The number of benzene rings is 2. The van der Waals surface area contributed by atoms with Gasteiger partial charge in [0.1, 0.15) is 17.3 Å². The molecular formula is C17H14O2. The third-order valence-corrected chi connectivity index (χ3v) is 3.12. The Morgan fingerprint density at radius 3 is 2.58 bits per heavy atom. The van der Waals surface area contributed by atoms with Crippen molar-refractivity contribution in [3.05, 3.63) is 60.4 Å². The van der Waals surface area contributed by atoms with Crippen molar-refractivity contribution in [1.29, 1.82) is 0 Å². The van der Waals surface area contributed by atoms with Gasteiger partial charge < -0.3 is 4.42 Å². The van der Waals surface area contributed by atoms with Gasteiger partial charge in [-0.15, -0.1) is 0 Å². The average Bonchev–Trinajstić information content (AvgIpc) is 2.86. The molecule has 3 rings (SSSR count). The fourth-order valence-electron chi connectivity index (χ4n) is 2.22. The first-order valence-corrected chi connectivity index (χ1v) is 6.30. The summed E-state index contributed by atoms with van der Waals surface area (Å²) in [6.45, 7) is 1.57. The van der Waals surface area contributed by atoms with Crippen molar-refractivity contribution in [2.75, 3.05) is 0 Å². The van der Waals surface area contributed by atoms with Crippen molar-refractivity contribution in [3.8, 4) is 11.3 Å². The van der Waals surface area contributed by atoms with Crippen LogP contribution in [0.5, 0.6) is 0 Å². The maximum atomic E-state index is 11.1.